The number of hydrogen-bond donors (Lipinski definition) is 4. The average Bonchev–Trinajstić information content (AvgIpc) is 3.43. The lowest BCUT2D eigenvalue weighted by Crippen LogP contribution is -2.56. The maximum atomic E-state index is 12.5. The fourth-order valence-electron chi connectivity index (χ4n) is 3.92. The Balaban J connectivity index is 1.29. The SMILES string of the molecule is O=C(NNC(=O)[C@H]1CC[C@@H]2CN1C(=O)N2OS(=O)(=O)O)[C@@H]1C[C@H](n2cncn2)CN1. The molecule has 0 aromatic carbocycles. The number of amides is 4. The molecule has 4 heterocycles. The van der Waals surface area contributed by atoms with E-state index in [-0.39, 0.29) is 25.4 Å². The van der Waals surface area contributed by atoms with Gasteiger partial charge in [0, 0.05) is 13.1 Å². The van der Waals surface area contributed by atoms with Gasteiger partial charge in [-0.15, -0.1) is 4.28 Å². The first kappa shape index (κ1) is 20.5. The third-order valence-corrected chi connectivity index (χ3v) is 5.69. The van der Waals surface area contributed by atoms with Crippen LogP contribution in [0, 0.1) is 0 Å². The summed E-state index contributed by atoms with van der Waals surface area (Å²) in [5.74, 6) is -1.06. The lowest BCUT2D eigenvalue weighted by molar-refractivity contribution is -0.132. The van der Waals surface area contributed by atoms with Gasteiger partial charge in [0.25, 0.3) is 11.8 Å². The zero-order valence-corrected chi connectivity index (χ0v) is 16.4. The van der Waals surface area contributed by atoms with Crippen molar-refractivity contribution in [2.24, 2.45) is 0 Å². The lowest BCUT2D eigenvalue weighted by Gasteiger charge is -2.29. The van der Waals surface area contributed by atoms with Crippen molar-refractivity contribution in [3.8, 4) is 0 Å². The molecule has 164 valence electrons. The molecule has 4 rings (SSSR count). The fourth-order valence-corrected chi connectivity index (χ4v) is 4.31. The van der Waals surface area contributed by atoms with Gasteiger partial charge in [-0.25, -0.2) is 14.5 Å². The molecule has 0 radical (unpaired) electrons. The molecule has 2 bridgehead atoms. The van der Waals surface area contributed by atoms with Gasteiger partial charge in [-0.3, -0.25) is 25.0 Å². The topological polar surface area (TPSA) is 188 Å². The summed E-state index contributed by atoms with van der Waals surface area (Å²) in [4.78, 5) is 42.2. The molecule has 16 heteroatoms. The molecule has 4 N–H and O–H groups in total. The molecule has 4 atom stereocenters. The molecule has 3 saturated heterocycles. The number of nitrogens with one attached hydrogen (secondary N) is 3. The number of hydrazine groups is 1. The molecule has 15 nitrogen and oxygen atoms in total. The molecule has 0 unspecified atom stereocenters. The number of fused-ring (bicyclic) bond motifs is 2. The number of carbonyl (C=O) groups is 3. The maximum absolute atomic E-state index is 12.5. The van der Waals surface area contributed by atoms with Crippen LogP contribution in [0.5, 0.6) is 0 Å². The summed E-state index contributed by atoms with van der Waals surface area (Å²) in [6.45, 7) is 0.579. The quantitative estimate of drug-likeness (QED) is 0.275. The number of hydroxylamine groups is 2. The van der Waals surface area contributed by atoms with Gasteiger partial charge in [0.1, 0.15) is 18.7 Å². The summed E-state index contributed by atoms with van der Waals surface area (Å²) in [5, 5.41) is 7.63. The van der Waals surface area contributed by atoms with Crippen LogP contribution in [-0.4, -0.2) is 86.8 Å². The first-order valence-corrected chi connectivity index (χ1v) is 10.5. The highest BCUT2D eigenvalue weighted by Gasteiger charge is 2.49. The van der Waals surface area contributed by atoms with Gasteiger partial charge in [0.05, 0.1) is 18.1 Å². The van der Waals surface area contributed by atoms with Gasteiger partial charge < -0.3 is 10.2 Å². The maximum Gasteiger partial charge on any atom is 0.418 e. The zero-order chi connectivity index (χ0) is 21.5. The largest absolute Gasteiger partial charge is 0.418 e. The average molecular weight is 444 g/mol. The van der Waals surface area contributed by atoms with Crippen molar-refractivity contribution < 1.29 is 31.6 Å². The molecular formula is C14H20N8O7S. The second kappa shape index (κ2) is 7.78. The Hall–Kier alpha value is -2.82. The molecule has 3 fully saturated rings. The Bertz CT molecular complexity index is 938. The van der Waals surface area contributed by atoms with Crippen LogP contribution >= 0.6 is 0 Å². The second-order valence-electron chi connectivity index (χ2n) is 7.21. The summed E-state index contributed by atoms with van der Waals surface area (Å²) in [7, 11) is -4.86. The van der Waals surface area contributed by atoms with E-state index in [1.807, 2.05) is 0 Å². The van der Waals surface area contributed by atoms with Gasteiger partial charge in [-0.05, 0) is 19.3 Å². The van der Waals surface area contributed by atoms with Crippen LogP contribution in [-0.2, 0) is 24.3 Å². The van der Waals surface area contributed by atoms with Crippen molar-refractivity contribution in [3.05, 3.63) is 12.7 Å². The molecule has 3 aliphatic rings. The molecule has 4 amide bonds. The lowest BCUT2D eigenvalue weighted by atomic mass is 10.0. The monoisotopic (exact) mass is 444 g/mol. The minimum absolute atomic E-state index is 0.0368. The van der Waals surface area contributed by atoms with Crippen molar-refractivity contribution in [1.29, 1.82) is 0 Å². The highest BCUT2D eigenvalue weighted by molar-refractivity contribution is 7.80. The summed E-state index contributed by atoms with van der Waals surface area (Å²) in [6.07, 6.45) is 3.95. The predicted octanol–water partition coefficient (Wildman–Crippen LogP) is -2.67. The number of urea groups is 1. The Morgan fingerprint density at radius 1 is 1.23 bits per heavy atom. The summed E-state index contributed by atoms with van der Waals surface area (Å²) in [5.41, 5.74) is 4.66. The first-order valence-electron chi connectivity index (χ1n) is 9.17. The molecule has 1 aromatic heterocycles. The Kier molecular flexibility index (Phi) is 5.31. The van der Waals surface area contributed by atoms with E-state index in [0.29, 0.717) is 18.0 Å². The number of nitrogens with zero attached hydrogens (tertiary/aromatic N) is 5. The first-order chi connectivity index (χ1) is 14.2. The van der Waals surface area contributed by atoms with E-state index in [0.717, 1.165) is 4.90 Å². The van der Waals surface area contributed by atoms with Crippen LogP contribution in [0.3, 0.4) is 0 Å². The molecule has 0 aliphatic carbocycles. The van der Waals surface area contributed by atoms with Crippen LogP contribution in [0.4, 0.5) is 4.79 Å². The summed E-state index contributed by atoms with van der Waals surface area (Å²) >= 11 is 0. The van der Waals surface area contributed by atoms with Crippen LogP contribution in [0.25, 0.3) is 0 Å². The van der Waals surface area contributed by atoms with Gasteiger partial charge >= 0.3 is 16.4 Å². The van der Waals surface area contributed by atoms with E-state index in [1.54, 1.807) is 11.0 Å². The van der Waals surface area contributed by atoms with E-state index < -0.39 is 46.4 Å². The molecule has 0 spiro atoms. The number of aromatic nitrogens is 3. The van der Waals surface area contributed by atoms with Crippen molar-refractivity contribution in [3.63, 3.8) is 0 Å². The van der Waals surface area contributed by atoms with E-state index in [2.05, 4.69) is 30.5 Å². The third-order valence-electron chi connectivity index (χ3n) is 5.34. The van der Waals surface area contributed by atoms with Crippen LogP contribution in [0.2, 0.25) is 0 Å². The van der Waals surface area contributed by atoms with Gasteiger partial charge in [-0.1, -0.05) is 0 Å². The Labute approximate surface area is 170 Å². The number of rotatable bonds is 5. The smallest absolute Gasteiger partial charge is 0.309 e. The second-order valence-corrected chi connectivity index (χ2v) is 8.22. The number of carbonyl (C=O) groups excluding carboxylic acids is 3. The van der Waals surface area contributed by atoms with Crippen molar-refractivity contribution in [1.82, 2.24) is 40.9 Å². The number of hydrogen-bond acceptors (Lipinski definition) is 9. The Morgan fingerprint density at radius 3 is 2.70 bits per heavy atom. The molecule has 1 aromatic rings. The summed E-state index contributed by atoms with van der Waals surface area (Å²) in [6, 6.07) is -2.94. The molecule has 3 aliphatic heterocycles. The highest BCUT2D eigenvalue weighted by atomic mass is 32.3. The minimum atomic E-state index is -4.86. The number of piperidine rings is 1. The Morgan fingerprint density at radius 2 is 2.00 bits per heavy atom. The zero-order valence-electron chi connectivity index (χ0n) is 15.5. The van der Waals surface area contributed by atoms with E-state index in [4.69, 9.17) is 4.55 Å². The van der Waals surface area contributed by atoms with Crippen LogP contribution in [0.1, 0.15) is 25.3 Å². The van der Waals surface area contributed by atoms with Crippen molar-refractivity contribution in [2.75, 3.05) is 13.1 Å². The van der Waals surface area contributed by atoms with Gasteiger partial charge in [-0.2, -0.15) is 18.6 Å². The normalized spacial score (nSPS) is 28.6. The van der Waals surface area contributed by atoms with Crippen molar-refractivity contribution >= 4 is 28.2 Å². The van der Waals surface area contributed by atoms with Crippen molar-refractivity contribution in [2.45, 2.75) is 43.4 Å². The van der Waals surface area contributed by atoms with Crippen LogP contribution in [0.15, 0.2) is 12.7 Å². The van der Waals surface area contributed by atoms with Crippen LogP contribution < -0.4 is 16.2 Å². The standard InChI is InChI=1S/C14H20N8O7S/c23-12(10-3-9(4-16-10)21-7-15-6-17-21)18-19-13(24)11-2-1-8-5-20(11)14(25)22(8)29-30(26,27)28/h6-11,16H,1-5H2,(H,18,23)(H,19,24)(H,26,27,28)/t8-,9+,10+,11-/m1/s1. The fraction of sp³-hybridized carbons (Fsp3) is 0.643. The predicted molar refractivity (Wildman–Crippen MR) is 95.1 cm³/mol. The summed E-state index contributed by atoms with van der Waals surface area (Å²) < 4.78 is 36.6. The molecule has 0 saturated carbocycles. The molecular weight excluding hydrogens is 424 g/mol. The molecule has 30 heavy (non-hydrogen) atoms. The van der Waals surface area contributed by atoms with E-state index in [9.17, 15) is 22.8 Å². The minimum Gasteiger partial charge on any atom is -0.309 e. The highest BCUT2D eigenvalue weighted by Crippen LogP contribution is 2.30. The van der Waals surface area contributed by atoms with E-state index >= 15 is 0 Å². The van der Waals surface area contributed by atoms with Gasteiger partial charge in [0.2, 0.25) is 0 Å². The third kappa shape index (κ3) is 4.07. The van der Waals surface area contributed by atoms with E-state index in [1.165, 1.54) is 6.33 Å². The van der Waals surface area contributed by atoms with Gasteiger partial charge in [0.15, 0.2) is 0 Å².